The largest absolute Gasteiger partial charge is 0.497 e. The molecule has 0 aliphatic heterocycles. The summed E-state index contributed by atoms with van der Waals surface area (Å²) in [6, 6.07) is 20.5. The van der Waals surface area contributed by atoms with Crippen molar-refractivity contribution in [3.8, 4) is 17.0 Å². The van der Waals surface area contributed by atoms with E-state index in [0.29, 0.717) is 12.0 Å². The second-order valence-electron chi connectivity index (χ2n) is 6.66. The SMILES string of the molecule is COc1cccc(CCNc2nc(NC(C)C)cc(-c3ccccc3)n2)c1. The maximum atomic E-state index is 5.28. The number of nitrogens with zero attached hydrogens (tertiary/aromatic N) is 2. The average Bonchev–Trinajstić information content (AvgIpc) is 2.68. The molecule has 2 aromatic carbocycles. The maximum absolute atomic E-state index is 5.28. The minimum absolute atomic E-state index is 0.299. The average molecular weight is 362 g/mol. The number of hydrogen-bond acceptors (Lipinski definition) is 5. The third-order valence-corrected chi connectivity index (χ3v) is 4.06. The summed E-state index contributed by atoms with van der Waals surface area (Å²) >= 11 is 0. The molecule has 5 heteroatoms. The first-order chi connectivity index (χ1) is 13.1. The fraction of sp³-hybridized carbons (Fsp3) is 0.273. The lowest BCUT2D eigenvalue weighted by Gasteiger charge is -2.13. The van der Waals surface area contributed by atoms with Gasteiger partial charge in [0.15, 0.2) is 0 Å². The first kappa shape index (κ1) is 18.7. The molecule has 0 saturated carbocycles. The molecule has 5 nitrogen and oxygen atoms in total. The second kappa shape index (κ2) is 9.03. The molecular weight excluding hydrogens is 336 g/mol. The summed E-state index contributed by atoms with van der Waals surface area (Å²) in [6.07, 6.45) is 0.864. The second-order valence-corrected chi connectivity index (χ2v) is 6.66. The van der Waals surface area contributed by atoms with Crippen molar-refractivity contribution >= 4 is 11.8 Å². The summed E-state index contributed by atoms with van der Waals surface area (Å²) < 4.78 is 5.28. The van der Waals surface area contributed by atoms with Gasteiger partial charge < -0.3 is 15.4 Å². The third-order valence-electron chi connectivity index (χ3n) is 4.06. The Morgan fingerprint density at radius 1 is 0.963 bits per heavy atom. The van der Waals surface area contributed by atoms with Gasteiger partial charge in [-0.25, -0.2) is 4.98 Å². The smallest absolute Gasteiger partial charge is 0.225 e. The fourth-order valence-electron chi connectivity index (χ4n) is 2.80. The van der Waals surface area contributed by atoms with Gasteiger partial charge in [-0.05, 0) is 38.0 Å². The Kier molecular flexibility index (Phi) is 6.26. The van der Waals surface area contributed by atoms with Gasteiger partial charge in [0, 0.05) is 24.2 Å². The van der Waals surface area contributed by atoms with Crippen molar-refractivity contribution in [2.45, 2.75) is 26.3 Å². The van der Waals surface area contributed by atoms with Gasteiger partial charge in [0.05, 0.1) is 12.8 Å². The first-order valence-corrected chi connectivity index (χ1v) is 9.22. The highest BCUT2D eigenvalue weighted by atomic mass is 16.5. The molecule has 3 aromatic rings. The van der Waals surface area contributed by atoms with Crippen molar-refractivity contribution in [1.29, 1.82) is 0 Å². The Bertz CT molecular complexity index is 865. The summed E-state index contributed by atoms with van der Waals surface area (Å²) in [7, 11) is 1.68. The highest BCUT2D eigenvalue weighted by Crippen LogP contribution is 2.22. The number of rotatable bonds is 8. The van der Waals surface area contributed by atoms with E-state index in [1.807, 2.05) is 36.4 Å². The van der Waals surface area contributed by atoms with Gasteiger partial charge in [0.2, 0.25) is 5.95 Å². The number of hydrogen-bond donors (Lipinski definition) is 2. The summed E-state index contributed by atoms with van der Waals surface area (Å²) in [5, 5.41) is 6.72. The third kappa shape index (κ3) is 5.45. The zero-order valence-corrected chi connectivity index (χ0v) is 16.1. The lowest BCUT2D eigenvalue weighted by Crippen LogP contribution is -2.14. The number of anilines is 2. The molecule has 2 N–H and O–H groups in total. The molecule has 0 unspecified atom stereocenters. The monoisotopic (exact) mass is 362 g/mol. The molecule has 1 aromatic heterocycles. The van der Waals surface area contributed by atoms with E-state index in [1.54, 1.807) is 7.11 Å². The molecule has 0 saturated heterocycles. The van der Waals surface area contributed by atoms with Crippen LogP contribution in [0.15, 0.2) is 60.7 Å². The summed E-state index contributed by atoms with van der Waals surface area (Å²) in [4.78, 5) is 9.29. The van der Waals surface area contributed by atoms with Crippen molar-refractivity contribution in [3.63, 3.8) is 0 Å². The molecule has 0 amide bonds. The van der Waals surface area contributed by atoms with Crippen molar-refractivity contribution in [1.82, 2.24) is 9.97 Å². The van der Waals surface area contributed by atoms with Crippen LogP contribution in [0.4, 0.5) is 11.8 Å². The predicted molar refractivity (Wildman–Crippen MR) is 111 cm³/mol. The van der Waals surface area contributed by atoms with Gasteiger partial charge in [-0.3, -0.25) is 0 Å². The van der Waals surface area contributed by atoms with Crippen molar-refractivity contribution in [2.75, 3.05) is 24.3 Å². The van der Waals surface area contributed by atoms with Crippen LogP contribution in [0.25, 0.3) is 11.3 Å². The molecule has 140 valence electrons. The normalized spacial score (nSPS) is 10.7. The molecule has 27 heavy (non-hydrogen) atoms. The zero-order valence-electron chi connectivity index (χ0n) is 16.1. The van der Waals surface area contributed by atoms with Crippen molar-refractivity contribution < 1.29 is 4.74 Å². The number of aromatic nitrogens is 2. The molecule has 0 aliphatic carbocycles. The standard InChI is InChI=1S/C22H26N4O/c1-16(2)24-21-15-20(18-9-5-4-6-10-18)25-22(26-21)23-13-12-17-8-7-11-19(14-17)27-3/h4-11,14-16H,12-13H2,1-3H3,(H2,23,24,25,26). The van der Waals surface area contributed by atoms with Crippen molar-refractivity contribution in [3.05, 3.63) is 66.2 Å². The van der Waals surface area contributed by atoms with Crippen LogP contribution in [0.3, 0.4) is 0 Å². The fourth-order valence-corrected chi connectivity index (χ4v) is 2.80. The van der Waals surface area contributed by atoms with Crippen LogP contribution in [0.5, 0.6) is 5.75 Å². The minimum atomic E-state index is 0.299. The predicted octanol–water partition coefficient (Wildman–Crippen LogP) is 4.63. The van der Waals surface area contributed by atoms with E-state index in [1.165, 1.54) is 5.56 Å². The lowest BCUT2D eigenvalue weighted by atomic mass is 10.1. The van der Waals surface area contributed by atoms with E-state index in [2.05, 4.69) is 58.7 Å². The van der Waals surface area contributed by atoms with Crippen LogP contribution in [0, 0.1) is 0 Å². The van der Waals surface area contributed by atoms with Crippen LogP contribution in [0.1, 0.15) is 19.4 Å². The maximum Gasteiger partial charge on any atom is 0.225 e. The number of nitrogens with one attached hydrogen (secondary N) is 2. The summed E-state index contributed by atoms with van der Waals surface area (Å²) in [5.41, 5.74) is 3.18. The molecule has 0 bridgehead atoms. The Balaban J connectivity index is 1.75. The Morgan fingerprint density at radius 2 is 1.78 bits per heavy atom. The van der Waals surface area contributed by atoms with E-state index < -0.39 is 0 Å². The molecule has 0 aliphatic rings. The van der Waals surface area contributed by atoms with Gasteiger partial charge in [-0.1, -0.05) is 42.5 Å². The molecule has 0 fully saturated rings. The van der Waals surface area contributed by atoms with Gasteiger partial charge >= 0.3 is 0 Å². The van der Waals surface area contributed by atoms with Crippen LogP contribution in [-0.2, 0) is 6.42 Å². The Morgan fingerprint density at radius 3 is 2.52 bits per heavy atom. The molecule has 3 rings (SSSR count). The van der Waals surface area contributed by atoms with Gasteiger partial charge in [-0.15, -0.1) is 0 Å². The van der Waals surface area contributed by atoms with Gasteiger partial charge in [0.25, 0.3) is 0 Å². The van der Waals surface area contributed by atoms with E-state index in [4.69, 9.17) is 4.74 Å². The van der Waals surface area contributed by atoms with Crippen LogP contribution in [-0.4, -0.2) is 29.7 Å². The number of benzene rings is 2. The van der Waals surface area contributed by atoms with Crippen molar-refractivity contribution in [2.24, 2.45) is 0 Å². The van der Waals surface area contributed by atoms with Crippen LogP contribution >= 0.6 is 0 Å². The van der Waals surface area contributed by atoms with Crippen LogP contribution in [0.2, 0.25) is 0 Å². The zero-order chi connectivity index (χ0) is 19.1. The Hall–Kier alpha value is -3.08. The number of methoxy groups -OCH3 is 1. The van der Waals surface area contributed by atoms with E-state index in [9.17, 15) is 0 Å². The molecular formula is C22H26N4O. The highest BCUT2D eigenvalue weighted by molar-refractivity contribution is 5.64. The Labute approximate surface area is 160 Å². The van der Waals surface area contributed by atoms with Gasteiger partial charge in [0.1, 0.15) is 11.6 Å². The minimum Gasteiger partial charge on any atom is -0.497 e. The molecule has 1 heterocycles. The highest BCUT2D eigenvalue weighted by Gasteiger charge is 2.08. The van der Waals surface area contributed by atoms with Gasteiger partial charge in [-0.2, -0.15) is 4.98 Å². The van der Waals surface area contributed by atoms with E-state index >= 15 is 0 Å². The van der Waals surface area contributed by atoms with E-state index in [0.717, 1.165) is 35.8 Å². The molecule has 0 spiro atoms. The summed E-state index contributed by atoms with van der Waals surface area (Å²) in [5.74, 6) is 2.32. The molecule has 0 radical (unpaired) electrons. The quantitative estimate of drug-likeness (QED) is 0.612. The first-order valence-electron chi connectivity index (χ1n) is 9.22. The lowest BCUT2D eigenvalue weighted by molar-refractivity contribution is 0.414. The van der Waals surface area contributed by atoms with E-state index in [-0.39, 0.29) is 0 Å². The topological polar surface area (TPSA) is 59.1 Å². The molecule has 0 atom stereocenters. The van der Waals surface area contributed by atoms with Crippen LogP contribution < -0.4 is 15.4 Å². The summed E-state index contributed by atoms with van der Waals surface area (Å²) in [6.45, 7) is 4.94. The number of ether oxygens (including phenoxy) is 1.